The number of benzene rings is 1. The highest BCUT2D eigenvalue weighted by Crippen LogP contribution is 2.60. The topological polar surface area (TPSA) is 57.6 Å². The van der Waals surface area contributed by atoms with Crippen LogP contribution in [0.1, 0.15) is 45.3 Å². The maximum absolute atomic E-state index is 13.8. The highest BCUT2D eigenvalue weighted by molar-refractivity contribution is 6.03. The van der Waals surface area contributed by atoms with Gasteiger partial charge in [0, 0.05) is 11.5 Å². The van der Waals surface area contributed by atoms with Crippen LogP contribution in [0.15, 0.2) is 24.3 Å². The third kappa shape index (κ3) is 2.13. The SMILES string of the molecule is CC12CCC(C(=O)N(CC(O)c3ccccc3F)C1=O)C2(C)C. The first-order valence-electron chi connectivity index (χ1n) is 7.98. The largest absolute Gasteiger partial charge is 0.386 e. The average Bonchev–Trinajstić information content (AvgIpc) is 2.69. The maximum atomic E-state index is 13.8. The highest BCUT2D eigenvalue weighted by atomic mass is 19.1. The molecule has 1 saturated carbocycles. The van der Waals surface area contributed by atoms with Crippen LogP contribution < -0.4 is 0 Å². The predicted molar refractivity (Wildman–Crippen MR) is 82.7 cm³/mol. The summed E-state index contributed by atoms with van der Waals surface area (Å²) in [5.41, 5.74) is -0.892. The van der Waals surface area contributed by atoms with Crippen LogP contribution in [0.4, 0.5) is 4.39 Å². The van der Waals surface area contributed by atoms with Gasteiger partial charge in [0.25, 0.3) is 0 Å². The molecule has 23 heavy (non-hydrogen) atoms. The first kappa shape index (κ1) is 16.1. The number of piperidine rings is 1. The van der Waals surface area contributed by atoms with Crippen molar-refractivity contribution < 1.29 is 19.1 Å². The summed E-state index contributed by atoms with van der Waals surface area (Å²) < 4.78 is 13.8. The van der Waals surface area contributed by atoms with Crippen molar-refractivity contribution in [1.29, 1.82) is 0 Å². The molecular weight excluding hydrogens is 297 g/mol. The number of likely N-dealkylation sites (tertiary alicyclic amines) is 1. The molecular formula is C18H22FNO3. The fourth-order valence-corrected chi connectivity index (χ4v) is 4.09. The third-order valence-corrected chi connectivity index (χ3v) is 6.13. The lowest BCUT2D eigenvalue weighted by Gasteiger charge is -2.48. The smallest absolute Gasteiger partial charge is 0.235 e. The number of amides is 2. The second-order valence-corrected chi connectivity index (χ2v) is 7.44. The Kier molecular flexibility index (Phi) is 3.59. The zero-order chi connectivity index (χ0) is 17.0. The van der Waals surface area contributed by atoms with Crippen LogP contribution in [0.2, 0.25) is 0 Å². The third-order valence-electron chi connectivity index (χ3n) is 6.13. The first-order chi connectivity index (χ1) is 10.7. The van der Waals surface area contributed by atoms with Gasteiger partial charge >= 0.3 is 0 Å². The lowest BCUT2D eigenvalue weighted by molar-refractivity contribution is -0.169. The Balaban J connectivity index is 1.89. The molecule has 1 saturated heterocycles. The second kappa shape index (κ2) is 5.13. The van der Waals surface area contributed by atoms with E-state index in [4.69, 9.17) is 0 Å². The Labute approximate surface area is 135 Å². The van der Waals surface area contributed by atoms with Crippen LogP contribution in [0.3, 0.4) is 0 Å². The zero-order valence-electron chi connectivity index (χ0n) is 13.7. The van der Waals surface area contributed by atoms with E-state index < -0.39 is 17.3 Å². The molecule has 3 atom stereocenters. The number of aliphatic hydroxyl groups is 1. The fourth-order valence-electron chi connectivity index (χ4n) is 4.09. The predicted octanol–water partition coefficient (Wildman–Crippen LogP) is 2.67. The van der Waals surface area contributed by atoms with Gasteiger partial charge in [0.1, 0.15) is 5.82 Å². The van der Waals surface area contributed by atoms with Gasteiger partial charge in [0.05, 0.1) is 18.1 Å². The molecule has 1 aromatic rings. The monoisotopic (exact) mass is 319 g/mol. The number of nitrogens with zero attached hydrogens (tertiary/aromatic N) is 1. The molecule has 1 aliphatic carbocycles. The van der Waals surface area contributed by atoms with Crippen molar-refractivity contribution in [3.63, 3.8) is 0 Å². The van der Waals surface area contributed by atoms with E-state index in [9.17, 15) is 19.1 Å². The Hall–Kier alpha value is -1.75. The van der Waals surface area contributed by atoms with Gasteiger partial charge in [-0.3, -0.25) is 14.5 Å². The van der Waals surface area contributed by atoms with Gasteiger partial charge in [0.2, 0.25) is 11.8 Å². The molecule has 1 aliphatic heterocycles. The molecule has 3 unspecified atom stereocenters. The van der Waals surface area contributed by atoms with E-state index in [1.54, 1.807) is 6.07 Å². The van der Waals surface area contributed by atoms with Crippen molar-refractivity contribution >= 4 is 11.8 Å². The Morgan fingerprint density at radius 1 is 1.30 bits per heavy atom. The van der Waals surface area contributed by atoms with Gasteiger partial charge in [-0.1, -0.05) is 39.0 Å². The van der Waals surface area contributed by atoms with Crippen LogP contribution in [0, 0.1) is 22.6 Å². The minimum Gasteiger partial charge on any atom is -0.386 e. The molecule has 5 heteroatoms. The van der Waals surface area contributed by atoms with Crippen molar-refractivity contribution in [3.05, 3.63) is 35.6 Å². The standard InChI is InChI=1S/C18H22FNO3/c1-17(2)12-8-9-18(17,3)16(23)20(15(12)22)10-14(21)11-6-4-5-7-13(11)19/h4-7,12,14,21H,8-10H2,1-3H3. The highest BCUT2D eigenvalue weighted by Gasteiger charge is 2.64. The normalized spacial score (nSPS) is 30.7. The number of rotatable bonds is 3. The van der Waals surface area contributed by atoms with Crippen LogP contribution >= 0.6 is 0 Å². The Morgan fingerprint density at radius 2 is 1.96 bits per heavy atom. The average molecular weight is 319 g/mol. The number of halogens is 1. The summed E-state index contributed by atoms with van der Waals surface area (Å²) in [7, 11) is 0. The summed E-state index contributed by atoms with van der Waals surface area (Å²) in [6.07, 6.45) is 0.135. The minimum atomic E-state index is -1.21. The van der Waals surface area contributed by atoms with Gasteiger partial charge in [-0.2, -0.15) is 0 Å². The molecule has 0 aromatic heterocycles. The second-order valence-electron chi connectivity index (χ2n) is 7.44. The summed E-state index contributed by atoms with van der Waals surface area (Å²) in [6.45, 7) is 5.63. The van der Waals surface area contributed by atoms with E-state index in [1.165, 1.54) is 18.2 Å². The van der Waals surface area contributed by atoms with E-state index >= 15 is 0 Å². The fraction of sp³-hybridized carbons (Fsp3) is 0.556. The molecule has 2 fully saturated rings. The van der Waals surface area contributed by atoms with E-state index in [-0.39, 0.29) is 35.3 Å². The lowest BCUT2D eigenvalue weighted by atomic mass is 9.62. The van der Waals surface area contributed by atoms with E-state index in [2.05, 4.69) is 0 Å². The molecule has 3 rings (SSSR count). The van der Waals surface area contributed by atoms with Crippen molar-refractivity contribution in [3.8, 4) is 0 Å². The van der Waals surface area contributed by atoms with E-state index in [1.807, 2.05) is 20.8 Å². The molecule has 124 valence electrons. The Morgan fingerprint density at radius 3 is 2.61 bits per heavy atom. The van der Waals surface area contributed by atoms with Gasteiger partial charge in [-0.15, -0.1) is 0 Å². The molecule has 2 amide bonds. The molecule has 2 bridgehead atoms. The first-order valence-corrected chi connectivity index (χ1v) is 7.98. The molecule has 4 nitrogen and oxygen atoms in total. The van der Waals surface area contributed by atoms with Crippen molar-refractivity contribution in [2.24, 2.45) is 16.7 Å². The van der Waals surface area contributed by atoms with E-state index in [0.29, 0.717) is 12.8 Å². The number of carbonyl (C=O) groups excluding carboxylic acids is 2. The summed E-state index contributed by atoms with van der Waals surface area (Å²) in [4.78, 5) is 26.7. The van der Waals surface area contributed by atoms with E-state index in [0.717, 1.165) is 4.90 Å². The van der Waals surface area contributed by atoms with Crippen LogP contribution in [-0.2, 0) is 9.59 Å². The maximum Gasteiger partial charge on any atom is 0.235 e. The van der Waals surface area contributed by atoms with Gasteiger partial charge in [-0.05, 0) is 24.3 Å². The summed E-state index contributed by atoms with van der Waals surface area (Å²) in [5.74, 6) is -1.26. The molecule has 1 aromatic carbocycles. The number of β-amino-alcohol motifs (C(OH)–C–C–N with tert-alkyl or cyclic N) is 1. The number of hydrogen-bond donors (Lipinski definition) is 1. The van der Waals surface area contributed by atoms with Crippen molar-refractivity contribution in [1.82, 2.24) is 4.90 Å². The van der Waals surface area contributed by atoms with Crippen LogP contribution in [0.25, 0.3) is 0 Å². The number of fused-ring (bicyclic) bond motifs is 2. The molecule has 0 radical (unpaired) electrons. The van der Waals surface area contributed by atoms with Crippen molar-refractivity contribution in [2.75, 3.05) is 6.54 Å². The van der Waals surface area contributed by atoms with Crippen LogP contribution in [0.5, 0.6) is 0 Å². The number of aliphatic hydroxyl groups excluding tert-OH is 1. The van der Waals surface area contributed by atoms with Crippen LogP contribution in [-0.4, -0.2) is 28.4 Å². The zero-order valence-corrected chi connectivity index (χ0v) is 13.7. The van der Waals surface area contributed by atoms with Gasteiger partial charge in [0.15, 0.2) is 0 Å². The van der Waals surface area contributed by atoms with Gasteiger partial charge < -0.3 is 5.11 Å². The Bertz CT molecular complexity index is 672. The minimum absolute atomic E-state index is 0.107. The molecule has 0 spiro atoms. The number of imide groups is 1. The summed E-state index contributed by atoms with van der Waals surface area (Å²) in [6, 6.07) is 5.88. The van der Waals surface area contributed by atoms with Crippen molar-refractivity contribution in [2.45, 2.75) is 39.7 Å². The summed E-state index contributed by atoms with van der Waals surface area (Å²) in [5, 5.41) is 10.3. The number of hydrogen-bond acceptors (Lipinski definition) is 3. The lowest BCUT2D eigenvalue weighted by Crippen LogP contribution is -2.59. The molecule has 2 aliphatic rings. The molecule has 1 heterocycles. The molecule has 1 N–H and O–H groups in total. The number of carbonyl (C=O) groups is 2. The van der Waals surface area contributed by atoms with Gasteiger partial charge in [-0.25, -0.2) is 4.39 Å². The summed E-state index contributed by atoms with van der Waals surface area (Å²) >= 11 is 0. The quantitative estimate of drug-likeness (QED) is 0.872.